The molecule has 0 bridgehead atoms. The quantitative estimate of drug-likeness (QED) is 0.687. The maximum Gasteiger partial charge on any atom is 0.253 e. The number of aryl methyl sites for hydroxylation is 2. The zero-order valence-corrected chi connectivity index (χ0v) is 15.8. The Labute approximate surface area is 156 Å². The molecule has 0 N–H and O–H groups in total. The third-order valence-electron chi connectivity index (χ3n) is 5.02. The maximum absolute atomic E-state index is 12.9. The van der Waals surface area contributed by atoms with E-state index in [0.29, 0.717) is 18.3 Å². The molecule has 6 heteroatoms. The summed E-state index contributed by atoms with van der Waals surface area (Å²) in [5.74, 6) is 1.36. The monoisotopic (exact) mass is 367 g/mol. The zero-order valence-electron chi connectivity index (χ0n) is 14.9. The molecule has 0 aliphatic carbocycles. The molecule has 3 aromatic rings. The second kappa shape index (κ2) is 7.03. The molecule has 1 saturated heterocycles. The van der Waals surface area contributed by atoms with Gasteiger partial charge in [0.15, 0.2) is 0 Å². The Hall–Kier alpha value is -2.47. The fourth-order valence-electron chi connectivity index (χ4n) is 3.32. The lowest BCUT2D eigenvalue weighted by molar-refractivity contribution is 0.0698. The van der Waals surface area contributed by atoms with Crippen LogP contribution < -0.4 is 0 Å². The largest absolute Gasteiger partial charge is 0.420 e. The molecule has 1 unspecified atom stereocenters. The predicted octanol–water partition coefficient (Wildman–Crippen LogP) is 4.43. The highest BCUT2D eigenvalue weighted by Gasteiger charge is 2.29. The van der Waals surface area contributed by atoms with Gasteiger partial charge in [-0.15, -0.1) is 10.2 Å². The average molecular weight is 367 g/mol. The molecule has 26 heavy (non-hydrogen) atoms. The van der Waals surface area contributed by atoms with Gasteiger partial charge in [0, 0.05) is 29.6 Å². The first-order chi connectivity index (χ1) is 12.6. The van der Waals surface area contributed by atoms with Crippen molar-refractivity contribution in [1.29, 1.82) is 0 Å². The summed E-state index contributed by atoms with van der Waals surface area (Å²) in [5, 5.41) is 12.4. The first kappa shape index (κ1) is 17.0. The molecule has 1 aliphatic rings. The molecule has 3 heterocycles. The lowest BCUT2D eigenvalue weighted by Gasteiger charge is -2.31. The van der Waals surface area contributed by atoms with Gasteiger partial charge in [0.1, 0.15) is 0 Å². The molecule has 1 aliphatic heterocycles. The maximum atomic E-state index is 12.9. The molecule has 134 valence electrons. The Morgan fingerprint density at radius 2 is 2.12 bits per heavy atom. The van der Waals surface area contributed by atoms with Gasteiger partial charge in [-0.05, 0) is 61.4 Å². The minimum absolute atomic E-state index is 0.0790. The number of likely N-dealkylation sites (tertiary alicyclic amines) is 1. The highest BCUT2D eigenvalue weighted by Crippen LogP contribution is 2.29. The predicted molar refractivity (Wildman–Crippen MR) is 101 cm³/mol. The summed E-state index contributed by atoms with van der Waals surface area (Å²) < 4.78 is 5.88. The van der Waals surface area contributed by atoms with Crippen LogP contribution in [0.5, 0.6) is 0 Å². The fourth-order valence-corrected chi connectivity index (χ4v) is 3.95. The van der Waals surface area contributed by atoms with Crippen LogP contribution in [-0.4, -0.2) is 34.1 Å². The van der Waals surface area contributed by atoms with E-state index in [2.05, 4.69) is 17.1 Å². The van der Waals surface area contributed by atoms with Crippen LogP contribution in [0.3, 0.4) is 0 Å². The second-order valence-corrected chi connectivity index (χ2v) is 7.63. The van der Waals surface area contributed by atoms with Gasteiger partial charge in [-0.2, -0.15) is 11.3 Å². The molecule has 0 spiro atoms. The Kier molecular flexibility index (Phi) is 4.59. The molecule has 1 aromatic carbocycles. The normalized spacial score (nSPS) is 17.5. The van der Waals surface area contributed by atoms with E-state index in [1.165, 1.54) is 5.56 Å². The average Bonchev–Trinajstić information content (AvgIpc) is 3.35. The number of carbonyl (C=O) groups excluding carboxylic acids is 1. The number of piperidine rings is 1. The van der Waals surface area contributed by atoms with Crippen LogP contribution in [0, 0.1) is 13.8 Å². The van der Waals surface area contributed by atoms with Gasteiger partial charge < -0.3 is 9.32 Å². The molecule has 0 radical (unpaired) electrons. The molecule has 1 amide bonds. The van der Waals surface area contributed by atoms with E-state index in [9.17, 15) is 4.79 Å². The van der Waals surface area contributed by atoms with Crippen LogP contribution in [-0.2, 0) is 0 Å². The van der Waals surface area contributed by atoms with Crippen molar-refractivity contribution in [2.24, 2.45) is 0 Å². The smallest absolute Gasteiger partial charge is 0.253 e. The number of hydrogen-bond acceptors (Lipinski definition) is 5. The summed E-state index contributed by atoms with van der Waals surface area (Å²) in [6.45, 7) is 5.49. The Morgan fingerprint density at radius 3 is 2.88 bits per heavy atom. The Bertz CT molecular complexity index is 917. The number of thiophene rings is 1. The number of carbonyl (C=O) groups is 1. The number of rotatable bonds is 3. The highest BCUT2D eigenvalue weighted by atomic mass is 32.1. The lowest BCUT2D eigenvalue weighted by atomic mass is 9.97. The number of benzene rings is 1. The molecule has 1 fully saturated rings. The van der Waals surface area contributed by atoms with Crippen LogP contribution >= 0.6 is 11.3 Å². The molecule has 5 nitrogen and oxygen atoms in total. The molecule has 1 atom stereocenters. The fraction of sp³-hybridized carbons (Fsp3) is 0.350. The highest BCUT2D eigenvalue weighted by molar-refractivity contribution is 7.08. The third-order valence-corrected chi connectivity index (χ3v) is 5.70. The number of hydrogen-bond donors (Lipinski definition) is 0. The zero-order chi connectivity index (χ0) is 18.1. The van der Waals surface area contributed by atoms with Crippen LogP contribution in [0.2, 0.25) is 0 Å². The van der Waals surface area contributed by atoms with Gasteiger partial charge in [-0.25, -0.2) is 0 Å². The summed E-state index contributed by atoms with van der Waals surface area (Å²) in [4.78, 5) is 14.8. The van der Waals surface area contributed by atoms with Gasteiger partial charge in [0.2, 0.25) is 11.8 Å². The minimum atomic E-state index is 0.0790. The first-order valence-corrected chi connectivity index (χ1v) is 9.78. The number of nitrogens with zero attached hydrogens (tertiary/aromatic N) is 3. The Balaban J connectivity index is 1.50. The molecular weight excluding hydrogens is 346 g/mol. The van der Waals surface area contributed by atoms with Crippen LogP contribution in [0.4, 0.5) is 0 Å². The van der Waals surface area contributed by atoms with Gasteiger partial charge >= 0.3 is 0 Å². The van der Waals surface area contributed by atoms with E-state index in [1.54, 1.807) is 11.3 Å². The van der Waals surface area contributed by atoms with Gasteiger partial charge in [-0.3, -0.25) is 4.79 Å². The molecule has 4 rings (SSSR count). The van der Waals surface area contributed by atoms with E-state index >= 15 is 0 Å². The van der Waals surface area contributed by atoms with Crippen LogP contribution in [0.1, 0.15) is 46.1 Å². The van der Waals surface area contributed by atoms with Crippen molar-refractivity contribution in [3.63, 3.8) is 0 Å². The summed E-state index contributed by atoms with van der Waals surface area (Å²) >= 11 is 1.60. The summed E-state index contributed by atoms with van der Waals surface area (Å²) in [6, 6.07) is 7.87. The summed E-state index contributed by atoms with van der Waals surface area (Å²) in [6.07, 6.45) is 1.90. The summed E-state index contributed by atoms with van der Waals surface area (Å²) in [7, 11) is 0. The number of aromatic nitrogens is 2. The van der Waals surface area contributed by atoms with E-state index in [1.807, 2.05) is 46.8 Å². The first-order valence-electron chi connectivity index (χ1n) is 8.84. The molecular formula is C20H21N3O2S. The molecule has 0 saturated carbocycles. The van der Waals surface area contributed by atoms with Crippen molar-refractivity contribution in [2.75, 3.05) is 13.1 Å². The van der Waals surface area contributed by atoms with E-state index in [-0.39, 0.29) is 11.8 Å². The van der Waals surface area contributed by atoms with Gasteiger partial charge in [0.25, 0.3) is 5.91 Å². The van der Waals surface area contributed by atoms with E-state index < -0.39 is 0 Å². The van der Waals surface area contributed by atoms with Crippen molar-refractivity contribution in [2.45, 2.75) is 32.6 Å². The van der Waals surface area contributed by atoms with Crippen molar-refractivity contribution < 1.29 is 9.21 Å². The second-order valence-electron chi connectivity index (χ2n) is 6.85. The van der Waals surface area contributed by atoms with Crippen LogP contribution in [0.25, 0.3) is 11.5 Å². The van der Waals surface area contributed by atoms with Crippen molar-refractivity contribution >= 4 is 17.2 Å². The minimum Gasteiger partial charge on any atom is -0.420 e. The van der Waals surface area contributed by atoms with Gasteiger partial charge in [-0.1, -0.05) is 6.07 Å². The topological polar surface area (TPSA) is 59.2 Å². The van der Waals surface area contributed by atoms with Crippen molar-refractivity contribution in [3.8, 4) is 11.5 Å². The third kappa shape index (κ3) is 3.29. The van der Waals surface area contributed by atoms with Gasteiger partial charge in [0.05, 0.1) is 5.92 Å². The summed E-state index contributed by atoms with van der Waals surface area (Å²) in [5.41, 5.74) is 4.04. The van der Waals surface area contributed by atoms with E-state index in [0.717, 1.165) is 36.1 Å². The standard InChI is InChI=1S/C20H21N3O2S/c1-13-5-6-15(10-14(13)2)20(24)23-8-3-4-16(11-23)18-21-22-19(25-18)17-7-9-26-12-17/h5-7,9-10,12,16H,3-4,8,11H2,1-2H3. The SMILES string of the molecule is Cc1ccc(C(=O)N2CCCC(c3nnc(-c4ccsc4)o3)C2)cc1C. The van der Waals surface area contributed by atoms with Crippen molar-refractivity contribution in [3.05, 3.63) is 57.6 Å². The van der Waals surface area contributed by atoms with Crippen molar-refractivity contribution in [1.82, 2.24) is 15.1 Å². The molecule has 2 aromatic heterocycles. The van der Waals surface area contributed by atoms with E-state index in [4.69, 9.17) is 4.42 Å². The Morgan fingerprint density at radius 1 is 1.23 bits per heavy atom. The number of amides is 1. The lowest BCUT2D eigenvalue weighted by Crippen LogP contribution is -2.39. The van der Waals surface area contributed by atoms with Crippen LogP contribution in [0.15, 0.2) is 39.4 Å².